The Morgan fingerprint density at radius 3 is 2.55 bits per heavy atom. The van der Waals surface area contributed by atoms with E-state index in [1.807, 2.05) is 0 Å². The van der Waals surface area contributed by atoms with E-state index in [0.717, 1.165) is 0 Å². The molecule has 0 aromatic heterocycles. The van der Waals surface area contributed by atoms with Crippen LogP contribution in [-0.4, -0.2) is 38.7 Å². The SMILES string of the molecule is CC[C@@H](C)[C@H](NS(=O)(=O)c1ccc2c(c1)OCCO2)C(=O)O. The number of nitrogens with one attached hydrogen (secondary N) is 1. The number of hydrogen-bond acceptors (Lipinski definition) is 5. The number of hydrogen-bond donors (Lipinski definition) is 2. The largest absolute Gasteiger partial charge is 0.486 e. The van der Waals surface area contributed by atoms with Crippen LogP contribution >= 0.6 is 0 Å². The first-order valence-electron chi connectivity index (χ1n) is 7.00. The Labute approximate surface area is 129 Å². The molecule has 0 amide bonds. The predicted molar refractivity (Wildman–Crippen MR) is 78.6 cm³/mol. The van der Waals surface area contributed by atoms with Crippen LogP contribution in [-0.2, 0) is 14.8 Å². The second kappa shape index (κ2) is 6.53. The van der Waals surface area contributed by atoms with Crippen molar-refractivity contribution >= 4 is 16.0 Å². The minimum atomic E-state index is -3.96. The number of sulfonamides is 1. The molecule has 0 saturated heterocycles. The van der Waals surface area contributed by atoms with Crippen molar-refractivity contribution in [3.05, 3.63) is 18.2 Å². The number of carboxylic acids is 1. The summed E-state index contributed by atoms with van der Waals surface area (Å²) >= 11 is 0. The third-order valence-corrected chi connectivity index (χ3v) is 5.02. The van der Waals surface area contributed by atoms with E-state index in [-0.39, 0.29) is 10.8 Å². The number of carboxylic acid groups (broad SMARTS) is 1. The minimum Gasteiger partial charge on any atom is -0.486 e. The van der Waals surface area contributed by atoms with Gasteiger partial charge in [0.15, 0.2) is 11.5 Å². The number of ether oxygens (including phenoxy) is 2. The molecule has 2 atom stereocenters. The van der Waals surface area contributed by atoms with E-state index in [9.17, 15) is 18.3 Å². The molecule has 1 heterocycles. The van der Waals surface area contributed by atoms with Crippen molar-refractivity contribution in [2.75, 3.05) is 13.2 Å². The Kier molecular flexibility index (Phi) is 4.92. The number of fused-ring (bicyclic) bond motifs is 1. The van der Waals surface area contributed by atoms with Crippen LogP contribution in [0.3, 0.4) is 0 Å². The van der Waals surface area contributed by atoms with E-state index in [2.05, 4.69) is 4.72 Å². The molecule has 122 valence electrons. The van der Waals surface area contributed by atoms with Crippen LogP contribution in [0, 0.1) is 5.92 Å². The summed E-state index contributed by atoms with van der Waals surface area (Å²) in [6, 6.07) is 3.03. The van der Waals surface area contributed by atoms with Gasteiger partial charge in [-0.3, -0.25) is 4.79 Å². The first-order chi connectivity index (χ1) is 10.3. The molecule has 0 saturated carbocycles. The van der Waals surface area contributed by atoms with Crippen LogP contribution in [0.15, 0.2) is 23.1 Å². The van der Waals surface area contributed by atoms with Gasteiger partial charge >= 0.3 is 5.97 Å². The fourth-order valence-electron chi connectivity index (χ4n) is 2.07. The fourth-order valence-corrected chi connectivity index (χ4v) is 3.38. The highest BCUT2D eigenvalue weighted by Gasteiger charge is 2.30. The molecule has 1 aromatic rings. The van der Waals surface area contributed by atoms with Crippen molar-refractivity contribution in [2.45, 2.75) is 31.2 Å². The second-order valence-electron chi connectivity index (χ2n) is 5.13. The van der Waals surface area contributed by atoms with Crippen LogP contribution in [0.1, 0.15) is 20.3 Å². The Hall–Kier alpha value is -1.80. The zero-order chi connectivity index (χ0) is 16.3. The van der Waals surface area contributed by atoms with Crippen molar-refractivity contribution in [3.8, 4) is 11.5 Å². The maximum absolute atomic E-state index is 12.4. The zero-order valence-electron chi connectivity index (χ0n) is 12.4. The van der Waals surface area contributed by atoms with E-state index < -0.39 is 22.0 Å². The third-order valence-electron chi connectivity index (χ3n) is 3.59. The molecule has 22 heavy (non-hydrogen) atoms. The molecule has 0 unspecified atom stereocenters. The van der Waals surface area contributed by atoms with E-state index >= 15 is 0 Å². The first-order valence-corrected chi connectivity index (χ1v) is 8.48. The van der Waals surface area contributed by atoms with Crippen LogP contribution in [0.2, 0.25) is 0 Å². The zero-order valence-corrected chi connectivity index (χ0v) is 13.2. The van der Waals surface area contributed by atoms with Gasteiger partial charge in [0.1, 0.15) is 19.3 Å². The summed E-state index contributed by atoms with van der Waals surface area (Å²) in [5.41, 5.74) is 0. The standard InChI is InChI=1S/C14H19NO6S/c1-3-9(2)13(14(16)17)15-22(18,19)10-4-5-11-12(8-10)21-7-6-20-11/h4-5,8-9,13,15H,3,6-7H2,1-2H3,(H,16,17)/t9-,13+/m1/s1. The van der Waals surface area contributed by atoms with Gasteiger partial charge in [0.2, 0.25) is 10.0 Å². The third kappa shape index (κ3) is 3.50. The molecule has 7 nitrogen and oxygen atoms in total. The predicted octanol–water partition coefficient (Wildman–Crippen LogP) is 1.24. The Morgan fingerprint density at radius 1 is 1.32 bits per heavy atom. The molecule has 0 fully saturated rings. The summed E-state index contributed by atoms with van der Waals surface area (Å²) < 4.78 is 37.7. The lowest BCUT2D eigenvalue weighted by atomic mass is 10.0. The summed E-state index contributed by atoms with van der Waals surface area (Å²) in [5, 5.41) is 9.21. The van der Waals surface area contributed by atoms with Crippen molar-refractivity contribution in [3.63, 3.8) is 0 Å². The lowest BCUT2D eigenvalue weighted by Crippen LogP contribution is -2.44. The van der Waals surface area contributed by atoms with Crippen LogP contribution in [0.4, 0.5) is 0 Å². The van der Waals surface area contributed by atoms with Gasteiger partial charge < -0.3 is 14.6 Å². The quantitative estimate of drug-likeness (QED) is 0.814. The van der Waals surface area contributed by atoms with E-state index in [0.29, 0.717) is 31.1 Å². The summed E-state index contributed by atoms with van der Waals surface area (Å²) in [5.74, 6) is -0.716. The Morgan fingerprint density at radius 2 is 1.95 bits per heavy atom. The average molecular weight is 329 g/mol. The Bertz CT molecular complexity index is 657. The fraction of sp³-hybridized carbons (Fsp3) is 0.500. The molecule has 2 rings (SSSR count). The van der Waals surface area contributed by atoms with Crippen molar-refractivity contribution < 1.29 is 27.8 Å². The molecule has 0 bridgehead atoms. The summed E-state index contributed by atoms with van der Waals surface area (Å²) in [6.45, 7) is 4.24. The number of aliphatic carboxylic acids is 1. The van der Waals surface area contributed by atoms with Gasteiger partial charge in [-0.1, -0.05) is 20.3 Å². The molecule has 1 aliphatic heterocycles. The first kappa shape index (κ1) is 16.6. The molecule has 0 aliphatic carbocycles. The van der Waals surface area contributed by atoms with Crippen LogP contribution in [0.5, 0.6) is 11.5 Å². The molecule has 1 aromatic carbocycles. The van der Waals surface area contributed by atoms with E-state index in [1.165, 1.54) is 18.2 Å². The van der Waals surface area contributed by atoms with Gasteiger partial charge in [-0.2, -0.15) is 4.72 Å². The molecular formula is C14H19NO6S. The smallest absolute Gasteiger partial charge is 0.322 e. The summed E-state index contributed by atoms with van der Waals surface area (Å²) in [7, 11) is -3.96. The summed E-state index contributed by atoms with van der Waals surface area (Å²) in [6.07, 6.45) is 0.542. The van der Waals surface area contributed by atoms with Crippen molar-refractivity contribution in [1.82, 2.24) is 4.72 Å². The maximum Gasteiger partial charge on any atom is 0.322 e. The summed E-state index contributed by atoms with van der Waals surface area (Å²) in [4.78, 5) is 11.2. The van der Waals surface area contributed by atoms with Gasteiger partial charge in [0.25, 0.3) is 0 Å². The highest BCUT2D eigenvalue weighted by Crippen LogP contribution is 2.32. The lowest BCUT2D eigenvalue weighted by Gasteiger charge is -2.21. The molecule has 0 radical (unpaired) electrons. The maximum atomic E-state index is 12.4. The van der Waals surface area contributed by atoms with Crippen molar-refractivity contribution in [2.24, 2.45) is 5.92 Å². The second-order valence-corrected chi connectivity index (χ2v) is 6.84. The topological polar surface area (TPSA) is 102 Å². The van der Waals surface area contributed by atoms with Crippen LogP contribution in [0.25, 0.3) is 0 Å². The van der Waals surface area contributed by atoms with Gasteiger partial charge in [0.05, 0.1) is 4.90 Å². The normalized spacial score (nSPS) is 16.8. The number of benzene rings is 1. The van der Waals surface area contributed by atoms with Gasteiger partial charge in [-0.15, -0.1) is 0 Å². The number of carbonyl (C=O) groups is 1. The average Bonchev–Trinajstić information content (AvgIpc) is 2.51. The van der Waals surface area contributed by atoms with E-state index in [4.69, 9.17) is 9.47 Å². The molecule has 8 heteroatoms. The minimum absolute atomic E-state index is 0.0497. The Balaban J connectivity index is 2.28. The molecular weight excluding hydrogens is 310 g/mol. The van der Waals surface area contributed by atoms with Gasteiger partial charge in [-0.25, -0.2) is 8.42 Å². The van der Waals surface area contributed by atoms with Gasteiger partial charge in [-0.05, 0) is 18.1 Å². The van der Waals surface area contributed by atoms with E-state index in [1.54, 1.807) is 13.8 Å². The highest BCUT2D eigenvalue weighted by molar-refractivity contribution is 7.89. The molecule has 2 N–H and O–H groups in total. The number of rotatable bonds is 6. The molecule has 0 spiro atoms. The van der Waals surface area contributed by atoms with Crippen LogP contribution < -0.4 is 14.2 Å². The monoisotopic (exact) mass is 329 g/mol. The molecule has 1 aliphatic rings. The highest BCUT2D eigenvalue weighted by atomic mass is 32.2. The van der Waals surface area contributed by atoms with Gasteiger partial charge in [0, 0.05) is 6.07 Å². The van der Waals surface area contributed by atoms with Crippen molar-refractivity contribution in [1.29, 1.82) is 0 Å². The lowest BCUT2D eigenvalue weighted by molar-refractivity contribution is -0.140.